The number of rotatable bonds is 17. The number of aliphatic carboxylic acids is 1. The van der Waals surface area contributed by atoms with Crippen LogP contribution in [0.3, 0.4) is 0 Å². The van der Waals surface area contributed by atoms with Crippen molar-refractivity contribution in [1.82, 2.24) is 29.0 Å². The number of ether oxygens (including phenoxy) is 1. The van der Waals surface area contributed by atoms with E-state index >= 15 is 0 Å². The number of benzene rings is 2. The Morgan fingerprint density at radius 3 is 1.88 bits per heavy atom. The van der Waals surface area contributed by atoms with Crippen molar-refractivity contribution in [2.24, 2.45) is 21.1 Å². The van der Waals surface area contributed by atoms with Crippen LogP contribution in [0.15, 0.2) is 73.2 Å². The Morgan fingerprint density at radius 2 is 1.22 bits per heavy atom. The number of alkyl carbamates (subject to hydrolysis) is 1. The Morgan fingerprint density at radius 1 is 0.650 bits per heavy atom. The number of hydrogen-bond donors (Lipinski definition) is 7. The van der Waals surface area contributed by atoms with E-state index in [2.05, 4.69) is 54.0 Å². The van der Waals surface area contributed by atoms with Gasteiger partial charge in [-0.15, -0.1) is 0 Å². The van der Waals surface area contributed by atoms with E-state index in [-0.39, 0.29) is 74.6 Å². The normalized spacial score (nSPS) is 11.5. The minimum atomic E-state index is -1.11. The first-order valence-electron chi connectivity index (χ1n) is 18.8. The van der Waals surface area contributed by atoms with Crippen molar-refractivity contribution in [3.05, 3.63) is 90.1 Å². The van der Waals surface area contributed by atoms with Crippen LogP contribution in [0, 0.1) is 0 Å². The molecule has 20 nitrogen and oxygen atoms in total. The van der Waals surface area contributed by atoms with Crippen molar-refractivity contribution in [3.8, 4) is 11.1 Å². The first-order chi connectivity index (χ1) is 28.7. The molecular formula is C40H43N11O9. The van der Waals surface area contributed by atoms with E-state index in [4.69, 9.17) is 9.84 Å². The summed E-state index contributed by atoms with van der Waals surface area (Å²) in [7, 11) is 4.81. The molecule has 0 radical (unpaired) electrons. The second-order valence-electron chi connectivity index (χ2n) is 13.9. The number of hydrogen-bond acceptors (Lipinski definition) is 10. The van der Waals surface area contributed by atoms with E-state index in [1.54, 1.807) is 31.9 Å². The molecule has 0 atom stereocenters. The minimum Gasteiger partial charge on any atom is -0.481 e. The molecule has 5 aromatic rings. The van der Waals surface area contributed by atoms with Gasteiger partial charge in [0.25, 0.3) is 5.91 Å². The van der Waals surface area contributed by atoms with Crippen LogP contribution in [0.4, 0.5) is 33.9 Å². The largest absolute Gasteiger partial charge is 0.481 e. The highest BCUT2D eigenvalue weighted by atomic mass is 16.5. The Kier molecular flexibility index (Phi) is 13.0. The van der Waals surface area contributed by atoms with E-state index in [1.165, 1.54) is 27.6 Å². The van der Waals surface area contributed by atoms with E-state index in [9.17, 15) is 33.6 Å². The lowest BCUT2D eigenvalue weighted by Crippen LogP contribution is -2.29. The summed E-state index contributed by atoms with van der Waals surface area (Å²) < 4.78 is 9.96. The quantitative estimate of drug-likeness (QED) is 0.0710. The number of carboxylic acids is 1. The Bertz CT molecular complexity index is 2420. The molecule has 0 aliphatic heterocycles. The third kappa shape index (κ3) is 10.6. The van der Waals surface area contributed by atoms with Gasteiger partial charge in [-0.1, -0.05) is 48.5 Å². The number of nitrogens with zero attached hydrogens (tertiary/aromatic N) is 5. The second-order valence-corrected chi connectivity index (χ2v) is 13.9. The lowest BCUT2D eigenvalue weighted by atomic mass is 9.98. The zero-order valence-electron chi connectivity index (χ0n) is 32.9. The molecular weight excluding hydrogens is 779 g/mol. The SMILES string of the molecule is Cn1cc(NC(=O)c2nc(NC(=O)CCNC(=O)OCC3c4ccccc4-c4ccccc43)cn2C)cc1NC(=O)CCC(=O)Nc1cn(C)c(NC(=O)CCC(=O)O)n1. The lowest BCUT2D eigenvalue weighted by molar-refractivity contribution is -0.138. The smallest absolute Gasteiger partial charge is 0.407 e. The second kappa shape index (κ2) is 18.7. The molecule has 0 unspecified atom stereocenters. The van der Waals surface area contributed by atoms with Crippen LogP contribution in [0.25, 0.3) is 11.1 Å². The summed E-state index contributed by atoms with van der Waals surface area (Å²) in [4.78, 5) is 94.4. The van der Waals surface area contributed by atoms with Gasteiger partial charge in [0.2, 0.25) is 35.4 Å². The monoisotopic (exact) mass is 821 g/mol. The Balaban J connectivity index is 0.905. The zero-order valence-corrected chi connectivity index (χ0v) is 32.9. The van der Waals surface area contributed by atoms with Gasteiger partial charge in [-0.25, -0.2) is 9.78 Å². The van der Waals surface area contributed by atoms with Crippen molar-refractivity contribution < 1.29 is 43.4 Å². The van der Waals surface area contributed by atoms with Crippen LogP contribution in [-0.4, -0.2) is 83.5 Å². The van der Waals surface area contributed by atoms with E-state index in [1.807, 2.05) is 36.4 Å². The van der Waals surface area contributed by atoms with Crippen molar-refractivity contribution in [2.45, 2.75) is 38.0 Å². The Labute approximate surface area is 342 Å². The highest BCUT2D eigenvalue weighted by molar-refractivity contribution is 6.03. The Hall–Kier alpha value is -7.77. The summed E-state index contributed by atoms with van der Waals surface area (Å²) in [6.45, 7) is 0.156. The molecule has 0 fully saturated rings. The number of fused-ring (bicyclic) bond motifs is 3. The van der Waals surface area contributed by atoms with Crippen LogP contribution < -0.4 is 31.9 Å². The number of aromatic nitrogens is 5. The van der Waals surface area contributed by atoms with Gasteiger partial charge in [0.15, 0.2) is 11.6 Å². The number of imidazole rings is 2. The third-order valence-electron chi connectivity index (χ3n) is 9.38. The molecule has 2 aromatic carbocycles. The fourth-order valence-electron chi connectivity index (χ4n) is 6.50. The molecule has 312 valence electrons. The summed E-state index contributed by atoms with van der Waals surface area (Å²) in [6.07, 6.45) is 2.81. The zero-order chi connectivity index (χ0) is 42.9. The van der Waals surface area contributed by atoms with Gasteiger partial charge in [0.1, 0.15) is 12.4 Å². The molecule has 0 saturated carbocycles. The maximum Gasteiger partial charge on any atom is 0.407 e. The molecule has 60 heavy (non-hydrogen) atoms. The molecule has 6 rings (SSSR count). The van der Waals surface area contributed by atoms with Crippen LogP contribution in [-0.2, 0) is 49.9 Å². The number of carbonyl (C=O) groups excluding carboxylic acids is 6. The van der Waals surface area contributed by atoms with Crippen LogP contribution >= 0.6 is 0 Å². The van der Waals surface area contributed by atoms with E-state index < -0.39 is 41.6 Å². The van der Waals surface area contributed by atoms with Gasteiger partial charge in [-0.2, -0.15) is 4.98 Å². The molecule has 20 heteroatoms. The first kappa shape index (κ1) is 41.9. The van der Waals surface area contributed by atoms with E-state index in [0.717, 1.165) is 22.3 Å². The van der Waals surface area contributed by atoms with Crippen molar-refractivity contribution in [1.29, 1.82) is 0 Å². The molecule has 3 heterocycles. The molecule has 0 bridgehead atoms. The number of aryl methyl sites for hydroxylation is 3. The number of carbonyl (C=O) groups is 7. The fourth-order valence-corrected chi connectivity index (χ4v) is 6.50. The maximum absolute atomic E-state index is 13.1. The van der Waals surface area contributed by atoms with Crippen LogP contribution in [0.1, 0.15) is 59.8 Å². The van der Waals surface area contributed by atoms with Crippen molar-refractivity contribution in [3.63, 3.8) is 0 Å². The summed E-state index contributed by atoms with van der Waals surface area (Å²) in [5.41, 5.74) is 4.75. The number of carboxylic acid groups (broad SMARTS) is 1. The minimum absolute atomic E-state index is 0.0105. The van der Waals surface area contributed by atoms with Gasteiger partial charge >= 0.3 is 12.1 Å². The van der Waals surface area contributed by atoms with Crippen LogP contribution in [0.5, 0.6) is 0 Å². The predicted molar refractivity (Wildman–Crippen MR) is 218 cm³/mol. The molecule has 6 amide bonds. The van der Waals surface area contributed by atoms with Gasteiger partial charge in [0.05, 0.1) is 12.1 Å². The van der Waals surface area contributed by atoms with Crippen LogP contribution in [0.2, 0.25) is 0 Å². The average molecular weight is 822 g/mol. The standard InChI is InChI=1S/C40H43N11O9/c1-49-19-23(18-31(49)47-33(53)13-12-32(52)44-30-21-51(3)39(46-30)48-34(54)14-15-36(56)57)42-38(58)37-45-29(20-50(37)2)43-35(55)16-17-41-40(59)60-22-28-26-10-6-4-8-24(26)25-9-5-7-11-27(25)28/h4-11,18-21,28H,12-17,22H2,1-3H3,(H,41,59)(H,42,58)(H,43,55)(H,44,52)(H,47,53)(H,56,57)(H,46,48,54). The molecule has 3 aromatic heterocycles. The topological polar surface area (TPSA) is 262 Å². The average Bonchev–Trinajstić information content (AvgIpc) is 3.94. The number of amides is 6. The van der Waals surface area contributed by atoms with E-state index in [0.29, 0.717) is 11.5 Å². The maximum atomic E-state index is 13.1. The highest BCUT2D eigenvalue weighted by Gasteiger charge is 2.29. The van der Waals surface area contributed by atoms with Crippen molar-refractivity contribution in [2.75, 3.05) is 39.7 Å². The molecule has 7 N–H and O–H groups in total. The van der Waals surface area contributed by atoms with Gasteiger partial charge in [-0.3, -0.25) is 34.1 Å². The number of nitrogens with one attached hydrogen (secondary N) is 6. The molecule has 1 aliphatic rings. The number of anilines is 5. The fraction of sp³-hybridized carbons (Fsp3) is 0.275. The summed E-state index contributed by atoms with van der Waals surface area (Å²) in [5, 5.41) is 24.4. The highest BCUT2D eigenvalue weighted by Crippen LogP contribution is 2.44. The predicted octanol–water partition coefficient (Wildman–Crippen LogP) is 3.77. The van der Waals surface area contributed by atoms with Gasteiger partial charge in [-0.05, 0) is 22.3 Å². The summed E-state index contributed by atoms with van der Waals surface area (Å²) in [6, 6.07) is 17.5. The summed E-state index contributed by atoms with van der Waals surface area (Å²) >= 11 is 0. The lowest BCUT2D eigenvalue weighted by Gasteiger charge is -2.14. The van der Waals surface area contributed by atoms with Gasteiger partial charge in [0, 0.05) is 83.9 Å². The molecule has 0 saturated heterocycles. The first-order valence-corrected chi connectivity index (χ1v) is 18.8. The third-order valence-corrected chi connectivity index (χ3v) is 9.38. The summed E-state index contributed by atoms with van der Waals surface area (Å²) in [5.74, 6) is -3.09. The van der Waals surface area contributed by atoms with Gasteiger partial charge < -0.3 is 50.1 Å². The molecule has 0 spiro atoms. The van der Waals surface area contributed by atoms with Crippen molar-refractivity contribution >= 4 is 70.7 Å². The molecule has 1 aliphatic carbocycles.